The molecular formula is C18H22O2. The summed E-state index contributed by atoms with van der Waals surface area (Å²) < 4.78 is 5.36. The van der Waals surface area contributed by atoms with E-state index in [9.17, 15) is 4.79 Å². The van der Waals surface area contributed by atoms with Crippen molar-refractivity contribution in [2.45, 2.75) is 40.2 Å². The molecule has 106 valence electrons. The molecule has 1 aliphatic carbocycles. The van der Waals surface area contributed by atoms with E-state index in [1.54, 1.807) is 12.2 Å². The first-order valence-electron chi connectivity index (χ1n) is 6.76. The second-order valence-corrected chi connectivity index (χ2v) is 5.93. The standard InChI is InChI=1S/C18H22O2/c1-7-9-10-11-14(8-2)20-17(19)16-15(12-13(3)4)18(16,5)6/h1-2,10-12,14-16H,9H2,3-6H3/b11-10+. The molecule has 0 heterocycles. The molecule has 0 aromatic carbocycles. The maximum Gasteiger partial charge on any atom is 0.311 e. The van der Waals surface area contributed by atoms with Crippen molar-refractivity contribution >= 4 is 5.97 Å². The normalized spacial score (nSPS) is 24.3. The Morgan fingerprint density at radius 3 is 2.55 bits per heavy atom. The number of terminal acetylenes is 2. The van der Waals surface area contributed by atoms with Gasteiger partial charge in [0, 0.05) is 6.42 Å². The molecule has 0 saturated heterocycles. The van der Waals surface area contributed by atoms with Gasteiger partial charge in [-0.25, -0.2) is 0 Å². The largest absolute Gasteiger partial charge is 0.445 e. The lowest BCUT2D eigenvalue weighted by Crippen LogP contribution is -2.17. The summed E-state index contributed by atoms with van der Waals surface area (Å²) in [6, 6.07) is 0. The molecule has 0 aromatic rings. The van der Waals surface area contributed by atoms with Gasteiger partial charge in [0.15, 0.2) is 6.10 Å². The second-order valence-electron chi connectivity index (χ2n) is 5.93. The van der Waals surface area contributed by atoms with Gasteiger partial charge in [-0.3, -0.25) is 4.79 Å². The van der Waals surface area contributed by atoms with Crippen LogP contribution in [0.2, 0.25) is 0 Å². The molecular weight excluding hydrogens is 248 g/mol. The first kappa shape index (κ1) is 16.1. The lowest BCUT2D eigenvalue weighted by Gasteiger charge is -2.09. The van der Waals surface area contributed by atoms with Gasteiger partial charge in [0.2, 0.25) is 0 Å². The fraction of sp³-hybridized carbons (Fsp3) is 0.500. The minimum absolute atomic E-state index is 0.0595. The van der Waals surface area contributed by atoms with E-state index in [1.165, 1.54) is 5.57 Å². The first-order chi connectivity index (χ1) is 9.34. The Labute approximate surface area is 122 Å². The van der Waals surface area contributed by atoms with E-state index in [1.807, 2.05) is 13.8 Å². The highest BCUT2D eigenvalue weighted by molar-refractivity contribution is 5.78. The Balaban J connectivity index is 2.66. The van der Waals surface area contributed by atoms with Gasteiger partial charge in [-0.2, -0.15) is 0 Å². The van der Waals surface area contributed by atoms with Crippen LogP contribution in [0.15, 0.2) is 23.8 Å². The van der Waals surface area contributed by atoms with Gasteiger partial charge in [0.1, 0.15) is 0 Å². The van der Waals surface area contributed by atoms with Gasteiger partial charge in [-0.15, -0.1) is 18.8 Å². The molecule has 1 fully saturated rings. The first-order valence-corrected chi connectivity index (χ1v) is 6.76. The predicted octanol–water partition coefficient (Wildman–Crippen LogP) is 3.35. The highest BCUT2D eigenvalue weighted by Gasteiger charge is 2.61. The van der Waals surface area contributed by atoms with Crippen LogP contribution in [0.3, 0.4) is 0 Å². The molecule has 20 heavy (non-hydrogen) atoms. The molecule has 0 bridgehead atoms. The summed E-state index contributed by atoms with van der Waals surface area (Å²) in [6.45, 7) is 8.21. The average molecular weight is 270 g/mol. The van der Waals surface area contributed by atoms with Gasteiger partial charge < -0.3 is 4.74 Å². The van der Waals surface area contributed by atoms with E-state index in [0.29, 0.717) is 6.42 Å². The molecule has 2 nitrogen and oxygen atoms in total. The number of hydrogen-bond donors (Lipinski definition) is 0. The molecule has 0 aromatic heterocycles. The molecule has 3 unspecified atom stereocenters. The third kappa shape index (κ3) is 3.78. The van der Waals surface area contributed by atoms with E-state index < -0.39 is 6.10 Å². The molecule has 0 amide bonds. The molecule has 0 aliphatic heterocycles. The van der Waals surface area contributed by atoms with Crippen LogP contribution in [-0.4, -0.2) is 12.1 Å². The van der Waals surface area contributed by atoms with Crippen molar-refractivity contribution < 1.29 is 9.53 Å². The SMILES string of the molecule is C#CC/C=C/C(C#C)OC(=O)C1C(C=C(C)C)C1(C)C. The minimum Gasteiger partial charge on any atom is -0.445 e. The fourth-order valence-electron chi connectivity index (χ4n) is 2.39. The number of carbonyl (C=O) groups excluding carboxylic acids is 1. The van der Waals surface area contributed by atoms with Gasteiger partial charge >= 0.3 is 5.97 Å². The van der Waals surface area contributed by atoms with Crippen LogP contribution >= 0.6 is 0 Å². The van der Waals surface area contributed by atoms with E-state index in [0.717, 1.165) is 0 Å². The number of ether oxygens (including phenoxy) is 1. The molecule has 1 aliphatic rings. The van der Waals surface area contributed by atoms with Crippen molar-refractivity contribution in [2.75, 3.05) is 0 Å². The van der Waals surface area contributed by atoms with Crippen molar-refractivity contribution in [2.24, 2.45) is 17.3 Å². The Bertz CT molecular complexity index is 505. The van der Waals surface area contributed by atoms with Crippen molar-refractivity contribution in [3.05, 3.63) is 23.8 Å². The number of allylic oxidation sites excluding steroid dienone is 3. The van der Waals surface area contributed by atoms with E-state index >= 15 is 0 Å². The number of hydrogen-bond acceptors (Lipinski definition) is 2. The minimum atomic E-state index is -0.639. The zero-order chi connectivity index (χ0) is 15.3. The van der Waals surface area contributed by atoms with Gasteiger partial charge in [-0.1, -0.05) is 37.5 Å². The van der Waals surface area contributed by atoms with Crippen molar-refractivity contribution in [1.29, 1.82) is 0 Å². The Kier molecular flexibility index (Phi) is 5.23. The topological polar surface area (TPSA) is 26.3 Å². The zero-order valence-electron chi connectivity index (χ0n) is 12.6. The zero-order valence-corrected chi connectivity index (χ0v) is 12.6. The van der Waals surface area contributed by atoms with Crippen LogP contribution in [0.25, 0.3) is 0 Å². The van der Waals surface area contributed by atoms with Crippen LogP contribution in [0.1, 0.15) is 34.1 Å². The number of esters is 1. The van der Waals surface area contributed by atoms with Crippen LogP contribution in [-0.2, 0) is 9.53 Å². The number of rotatable bonds is 5. The Morgan fingerprint density at radius 1 is 1.40 bits per heavy atom. The molecule has 2 heteroatoms. The number of carbonyl (C=O) groups is 1. The smallest absolute Gasteiger partial charge is 0.311 e. The molecule has 0 N–H and O–H groups in total. The van der Waals surface area contributed by atoms with Crippen molar-refractivity contribution in [3.63, 3.8) is 0 Å². The van der Waals surface area contributed by atoms with Crippen LogP contribution in [0.4, 0.5) is 0 Å². The summed E-state index contributed by atoms with van der Waals surface area (Å²) in [4.78, 5) is 12.2. The third-order valence-corrected chi connectivity index (χ3v) is 3.63. The lowest BCUT2D eigenvalue weighted by molar-refractivity contribution is -0.147. The molecule has 1 saturated carbocycles. The van der Waals surface area contributed by atoms with Gasteiger partial charge in [0.25, 0.3) is 0 Å². The second kappa shape index (κ2) is 6.49. The quantitative estimate of drug-likeness (QED) is 0.435. The third-order valence-electron chi connectivity index (χ3n) is 3.63. The Hall–Kier alpha value is -1.93. The fourth-order valence-corrected chi connectivity index (χ4v) is 2.39. The summed E-state index contributed by atoms with van der Waals surface area (Å²) in [7, 11) is 0. The summed E-state index contributed by atoms with van der Waals surface area (Å²) in [5, 5.41) is 0. The summed E-state index contributed by atoms with van der Waals surface area (Å²) >= 11 is 0. The lowest BCUT2D eigenvalue weighted by atomic mass is 10.1. The van der Waals surface area contributed by atoms with Gasteiger partial charge in [-0.05, 0) is 31.3 Å². The van der Waals surface area contributed by atoms with Gasteiger partial charge in [0.05, 0.1) is 5.92 Å². The monoisotopic (exact) mass is 270 g/mol. The average Bonchev–Trinajstić information content (AvgIpc) is 2.88. The van der Waals surface area contributed by atoms with E-state index in [2.05, 4.69) is 31.8 Å². The summed E-state index contributed by atoms with van der Waals surface area (Å²) in [5.74, 6) is 4.80. The molecule has 1 rings (SSSR count). The predicted molar refractivity (Wildman–Crippen MR) is 81.5 cm³/mol. The van der Waals surface area contributed by atoms with Crippen LogP contribution in [0, 0.1) is 41.9 Å². The molecule has 0 spiro atoms. The van der Waals surface area contributed by atoms with Crippen LogP contribution in [0.5, 0.6) is 0 Å². The highest BCUT2D eigenvalue weighted by Crippen LogP contribution is 2.59. The van der Waals surface area contributed by atoms with E-state index in [-0.39, 0.29) is 23.2 Å². The molecule has 3 atom stereocenters. The maximum atomic E-state index is 12.2. The summed E-state index contributed by atoms with van der Waals surface area (Å²) in [5.41, 5.74) is 1.15. The molecule has 0 radical (unpaired) electrons. The van der Waals surface area contributed by atoms with E-state index in [4.69, 9.17) is 17.6 Å². The highest BCUT2D eigenvalue weighted by atomic mass is 16.5. The van der Waals surface area contributed by atoms with Crippen molar-refractivity contribution in [1.82, 2.24) is 0 Å². The Morgan fingerprint density at radius 2 is 2.05 bits per heavy atom. The summed E-state index contributed by atoms with van der Waals surface area (Å²) in [6.07, 6.45) is 15.9. The van der Waals surface area contributed by atoms with Crippen LogP contribution < -0.4 is 0 Å². The van der Waals surface area contributed by atoms with Crippen molar-refractivity contribution in [3.8, 4) is 24.7 Å². The maximum absolute atomic E-state index is 12.2.